The Morgan fingerprint density at radius 2 is 2.00 bits per heavy atom. The van der Waals surface area contributed by atoms with Gasteiger partial charge in [-0.3, -0.25) is 0 Å². The van der Waals surface area contributed by atoms with Gasteiger partial charge in [0.05, 0.1) is 0 Å². The molecule has 0 aliphatic carbocycles. The molecule has 4 heteroatoms. The normalized spacial score (nSPS) is 10.7. The van der Waals surface area contributed by atoms with Crippen LogP contribution in [0.1, 0.15) is 29.3 Å². The molecule has 0 saturated carbocycles. The molecular weight excluding hydrogens is 272 g/mol. The minimum absolute atomic E-state index is 0.405. The molecular formula is C16H19ClN2O. The fraction of sp³-hybridized carbons (Fsp3) is 0.312. The van der Waals surface area contributed by atoms with Crippen LogP contribution in [-0.4, -0.2) is 4.98 Å². The molecule has 0 aliphatic rings. The fourth-order valence-corrected chi connectivity index (χ4v) is 2.41. The monoisotopic (exact) mass is 290 g/mol. The summed E-state index contributed by atoms with van der Waals surface area (Å²) in [7, 11) is 0. The summed E-state index contributed by atoms with van der Waals surface area (Å²) >= 11 is 6.12. The molecule has 2 N–H and O–H groups in total. The zero-order chi connectivity index (χ0) is 14.7. The molecule has 3 nitrogen and oxygen atoms in total. The van der Waals surface area contributed by atoms with Gasteiger partial charge in [-0.15, -0.1) is 0 Å². The average molecular weight is 291 g/mol. The highest BCUT2D eigenvalue weighted by Gasteiger charge is 2.10. The van der Waals surface area contributed by atoms with Gasteiger partial charge in [0.15, 0.2) is 0 Å². The lowest BCUT2D eigenvalue weighted by molar-refractivity contribution is 0.454. The molecule has 0 aliphatic heterocycles. The minimum atomic E-state index is 0.405. The quantitative estimate of drug-likeness (QED) is 0.919. The Bertz CT molecular complexity index is 626. The number of rotatable bonds is 4. The van der Waals surface area contributed by atoms with Gasteiger partial charge in [0, 0.05) is 22.8 Å². The Balaban J connectivity index is 2.39. The summed E-state index contributed by atoms with van der Waals surface area (Å²) in [5, 5.41) is 0.757. The van der Waals surface area contributed by atoms with E-state index in [-0.39, 0.29) is 0 Å². The maximum absolute atomic E-state index is 6.12. The second-order valence-electron chi connectivity index (χ2n) is 4.78. The van der Waals surface area contributed by atoms with Crippen molar-refractivity contribution in [1.82, 2.24) is 4.98 Å². The summed E-state index contributed by atoms with van der Waals surface area (Å²) in [6.07, 6.45) is 0.861. The van der Waals surface area contributed by atoms with E-state index in [0.717, 1.165) is 39.6 Å². The van der Waals surface area contributed by atoms with Gasteiger partial charge < -0.3 is 10.5 Å². The lowest BCUT2D eigenvalue weighted by Crippen LogP contribution is -2.05. The summed E-state index contributed by atoms with van der Waals surface area (Å²) in [5.74, 6) is 1.31. The Labute approximate surface area is 124 Å². The topological polar surface area (TPSA) is 48.1 Å². The van der Waals surface area contributed by atoms with Gasteiger partial charge in [-0.25, -0.2) is 4.98 Å². The maximum atomic E-state index is 6.12. The third-order valence-electron chi connectivity index (χ3n) is 3.25. The molecule has 0 bridgehead atoms. The van der Waals surface area contributed by atoms with Gasteiger partial charge in [0.2, 0.25) is 5.88 Å². The highest BCUT2D eigenvalue weighted by Crippen LogP contribution is 2.29. The molecule has 2 rings (SSSR count). The molecule has 1 aromatic carbocycles. The highest BCUT2D eigenvalue weighted by atomic mass is 35.5. The van der Waals surface area contributed by atoms with Crippen LogP contribution >= 0.6 is 11.6 Å². The Morgan fingerprint density at radius 3 is 2.65 bits per heavy atom. The van der Waals surface area contributed by atoms with Crippen molar-refractivity contribution in [1.29, 1.82) is 0 Å². The van der Waals surface area contributed by atoms with Crippen LogP contribution in [0.3, 0.4) is 0 Å². The molecule has 0 saturated heterocycles. The third kappa shape index (κ3) is 3.11. The third-order valence-corrected chi connectivity index (χ3v) is 3.62. The molecule has 0 radical (unpaired) electrons. The van der Waals surface area contributed by atoms with Crippen molar-refractivity contribution in [3.8, 4) is 11.6 Å². The van der Waals surface area contributed by atoms with Crippen LogP contribution in [0.15, 0.2) is 24.3 Å². The first-order chi connectivity index (χ1) is 9.55. The zero-order valence-corrected chi connectivity index (χ0v) is 12.8. The van der Waals surface area contributed by atoms with E-state index in [4.69, 9.17) is 22.1 Å². The van der Waals surface area contributed by atoms with Crippen molar-refractivity contribution < 1.29 is 4.74 Å². The van der Waals surface area contributed by atoms with Gasteiger partial charge in [0.25, 0.3) is 0 Å². The smallest absolute Gasteiger partial charge is 0.224 e. The van der Waals surface area contributed by atoms with Crippen LogP contribution < -0.4 is 10.5 Å². The first-order valence-electron chi connectivity index (χ1n) is 6.68. The first kappa shape index (κ1) is 14.8. The number of benzene rings is 1. The standard InChI is InChI=1S/C16H19ClN2O/c1-4-12-8-13(5-6-15(12)17)20-16-14(9-18)10(2)7-11(3)19-16/h5-8H,4,9,18H2,1-3H3. The van der Waals surface area contributed by atoms with Crippen molar-refractivity contribution in [2.24, 2.45) is 5.73 Å². The lowest BCUT2D eigenvalue weighted by atomic mass is 10.1. The molecule has 0 fully saturated rings. The van der Waals surface area contributed by atoms with Gasteiger partial charge in [-0.2, -0.15) is 0 Å². The molecule has 0 spiro atoms. The summed E-state index contributed by atoms with van der Waals surface area (Å²) in [6.45, 7) is 6.43. The maximum Gasteiger partial charge on any atom is 0.224 e. The molecule has 106 valence electrons. The molecule has 2 aromatic rings. The Morgan fingerprint density at radius 1 is 1.25 bits per heavy atom. The molecule has 20 heavy (non-hydrogen) atoms. The highest BCUT2D eigenvalue weighted by molar-refractivity contribution is 6.31. The predicted octanol–water partition coefficient (Wildman–Crippen LogP) is 4.17. The van der Waals surface area contributed by atoms with Crippen LogP contribution in [0, 0.1) is 13.8 Å². The Kier molecular flexibility index (Phi) is 4.63. The SMILES string of the molecule is CCc1cc(Oc2nc(C)cc(C)c2CN)ccc1Cl. The number of ether oxygens (including phenoxy) is 1. The number of aryl methyl sites for hydroxylation is 3. The van der Waals surface area contributed by atoms with E-state index in [1.165, 1.54) is 0 Å². The van der Waals surface area contributed by atoms with Crippen molar-refractivity contribution in [3.05, 3.63) is 51.7 Å². The van der Waals surface area contributed by atoms with E-state index in [1.807, 2.05) is 38.1 Å². The van der Waals surface area contributed by atoms with Crippen LogP contribution in [0.4, 0.5) is 0 Å². The van der Waals surface area contributed by atoms with Gasteiger partial charge in [-0.05, 0) is 55.7 Å². The lowest BCUT2D eigenvalue weighted by Gasteiger charge is -2.13. The van der Waals surface area contributed by atoms with Crippen LogP contribution in [0.25, 0.3) is 0 Å². The number of halogens is 1. The summed E-state index contributed by atoms with van der Waals surface area (Å²) in [4.78, 5) is 4.44. The first-order valence-corrected chi connectivity index (χ1v) is 7.06. The van der Waals surface area contributed by atoms with Gasteiger partial charge >= 0.3 is 0 Å². The van der Waals surface area contributed by atoms with Crippen molar-refractivity contribution in [3.63, 3.8) is 0 Å². The number of nitrogens with zero attached hydrogens (tertiary/aromatic N) is 1. The van der Waals surface area contributed by atoms with E-state index in [0.29, 0.717) is 12.4 Å². The van der Waals surface area contributed by atoms with E-state index in [1.54, 1.807) is 0 Å². The molecule has 0 amide bonds. The molecule has 0 unspecified atom stereocenters. The number of nitrogens with two attached hydrogens (primary N) is 1. The largest absolute Gasteiger partial charge is 0.439 e. The summed E-state index contributed by atoms with van der Waals surface area (Å²) < 4.78 is 5.91. The van der Waals surface area contributed by atoms with E-state index in [9.17, 15) is 0 Å². The van der Waals surface area contributed by atoms with Crippen LogP contribution in [0.5, 0.6) is 11.6 Å². The van der Waals surface area contributed by atoms with Crippen molar-refractivity contribution in [2.45, 2.75) is 33.7 Å². The fourth-order valence-electron chi connectivity index (χ4n) is 2.16. The molecule has 1 aromatic heterocycles. The van der Waals surface area contributed by atoms with Crippen molar-refractivity contribution in [2.75, 3.05) is 0 Å². The second kappa shape index (κ2) is 6.25. The minimum Gasteiger partial charge on any atom is -0.439 e. The number of aromatic nitrogens is 1. The molecule has 1 heterocycles. The van der Waals surface area contributed by atoms with Gasteiger partial charge in [-0.1, -0.05) is 18.5 Å². The van der Waals surface area contributed by atoms with Crippen molar-refractivity contribution >= 4 is 11.6 Å². The van der Waals surface area contributed by atoms with Gasteiger partial charge in [0.1, 0.15) is 5.75 Å². The van der Waals surface area contributed by atoms with E-state index in [2.05, 4.69) is 11.9 Å². The second-order valence-corrected chi connectivity index (χ2v) is 5.18. The zero-order valence-electron chi connectivity index (χ0n) is 12.0. The average Bonchev–Trinajstić information content (AvgIpc) is 2.40. The van der Waals surface area contributed by atoms with Crippen LogP contribution in [-0.2, 0) is 13.0 Å². The Hall–Kier alpha value is -1.58. The van der Waals surface area contributed by atoms with E-state index >= 15 is 0 Å². The predicted molar refractivity (Wildman–Crippen MR) is 82.5 cm³/mol. The summed E-state index contributed by atoms with van der Waals surface area (Å²) in [5.41, 5.74) is 9.80. The number of pyridine rings is 1. The van der Waals surface area contributed by atoms with E-state index < -0.39 is 0 Å². The molecule has 0 atom stereocenters. The number of hydrogen-bond donors (Lipinski definition) is 1. The summed E-state index contributed by atoms with van der Waals surface area (Å²) in [6, 6.07) is 7.65. The van der Waals surface area contributed by atoms with Crippen LogP contribution in [0.2, 0.25) is 5.02 Å². The number of hydrogen-bond acceptors (Lipinski definition) is 3.